The Morgan fingerprint density at radius 3 is 2.73 bits per heavy atom. The average Bonchev–Trinajstić information content (AvgIpc) is 2.79. The zero-order chi connectivity index (χ0) is 20.9. The standard InChI is InChI=1S/C21H24N6O3/c22-14-27-7-2-10-30-18-6-5-15(26-8-11-29-12-9-26)13-16(18)21(28)25-19-4-1-3-17(24-19)20(27)23/h1,3-6,13-14,22-23H,2,7-12H2,(H,24,25,28). The van der Waals surface area contributed by atoms with Crippen LogP contribution in [-0.4, -0.2) is 67.4 Å². The molecule has 0 spiro atoms. The van der Waals surface area contributed by atoms with Crippen LogP contribution in [0.15, 0.2) is 36.4 Å². The maximum absolute atomic E-state index is 13.1. The molecule has 1 amide bonds. The molecule has 3 heterocycles. The molecule has 156 valence electrons. The number of ether oxygens (including phenoxy) is 2. The lowest BCUT2D eigenvalue weighted by Crippen LogP contribution is -2.36. The molecule has 0 saturated carbocycles. The van der Waals surface area contributed by atoms with Crippen molar-refractivity contribution in [2.75, 3.05) is 49.7 Å². The molecule has 2 bridgehead atoms. The van der Waals surface area contributed by atoms with Gasteiger partial charge in [-0.25, -0.2) is 4.98 Å². The lowest BCUT2D eigenvalue weighted by molar-refractivity contribution is 0.102. The van der Waals surface area contributed by atoms with Crippen molar-refractivity contribution < 1.29 is 14.3 Å². The maximum Gasteiger partial charge on any atom is 0.260 e. The van der Waals surface area contributed by atoms with E-state index in [1.54, 1.807) is 18.2 Å². The first-order valence-corrected chi connectivity index (χ1v) is 9.90. The van der Waals surface area contributed by atoms with E-state index in [2.05, 4.69) is 15.2 Å². The predicted molar refractivity (Wildman–Crippen MR) is 114 cm³/mol. The summed E-state index contributed by atoms with van der Waals surface area (Å²) in [6.07, 6.45) is 1.70. The van der Waals surface area contributed by atoms with E-state index in [4.69, 9.17) is 20.3 Å². The second kappa shape index (κ2) is 8.91. The molecule has 1 fully saturated rings. The summed E-state index contributed by atoms with van der Waals surface area (Å²) in [5.74, 6) is 0.623. The minimum Gasteiger partial charge on any atom is -0.493 e. The lowest BCUT2D eigenvalue weighted by Gasteiger charge is -2.29. The zero-order valence-electron chi connectivity index (χ0n) is 16.6. The molecule has 1 saturated heterocycles. The number of amidine groups is 1. The molecule has 1 aromatic carbocycles. The molecule has 2 aromatic rings. The predicted octanol–water partition coefficient (Wildman–Crippen LogP) is 2.19. The zero-order valence-corrected chi connectivity index (χ0v) is 16.6. The first-order chi connectivity index (χ1) is 14.7. The lowest BCUT2D eigenvalue weighted by atomic mass is 10.1. The molecule has 0 unspecified atom stereocenters. The Morgan fingerprint density at radius 1 is 1.10 bits per heavy atom. The summed E-state index contributed by atoms with van der Waals surface area (Å²) in [4.78, 5) is 21.1. The number of morpholine rings is 1. The van der Waals surface area contributed by atoms with E-state index in [9.17, 15) is 4.79 Å². The highest BCUT2D eigenvalue weighted by molar-refractivity contribution is 6.07. The van der Waals surface area contributed by atoms with E-state index in [1.165, 1.54) is 4.90 Å². The number of amides is 1. The highest BCUT2D eigenvalue weighted by Gasteiger charge is 2.20. The van der Waals surface area contributed by atoms with Gasteiger partial charge in [0.25, 0.3) is 5.91 Å². The number of nitrogens with zero attached hydrogens (tertiary/aromatic N) is 3. The highest BCUT2D eigenvalue weighted by atomic mass is 16.5. The molecular weight excluding hydrogens is 384 g/mol. The smallest absolute Gasteiger partial charge is 0.260 e. The van der Waals surface area contributed by atoms with E-state index in [-0.39, 0.29) is 11.7 Å². The Labute approximate surface area is 174 Å². The minimum atomic E-state index is -0.320. The number of benzene rings is 1. The van der Waals surface area contributed by atoms with Crippen molar-refractivity contribution in [1.29, 1.82) is 10.8 Å². The summed E-state index contributed by atoms with van der Waals surface area (Å²) in [6.45, 7) is 3.66. The number of hydrogen-bond donors (Lipinski definition) is 3. The molecule has 2 aliphatic rings. The van der Waals surface area contributed by atoms with Crippen LogP contribution in [0.4, 0.5) is 11.5 Å². The van der Waals surface area contributed by atoms with Crippen molar-refractivity contribution >= 4 is 29.6 Å². The molecule has 30 heavy (non-hydrogen) atoms. The topological polar surface area (TPSA) is 115 Å². The van der Waals surface area contributed by atoms with Crippen LogP contribution >= 0.6 is 0 Å². The molecule has 1 aromatic heterocycles. The Kier molecular flexibility index (Phi) is 5.89. The van der Waals surface area contributed by atoms with Crippen molar-refractivity contribution in [3.05, 3.63) is 47.7 Å². The third-order valence-corrected chi connectivity index (χ3v) is 5.06. The quantitative estimate of drug-likeness (QED) is 0.518. The van der Waals surface area contributed by atoms with E-state index in [1.807, 2.05) is 18.2 Å². The van der Waals surface area contributed by atoms with Crippen molar-refractivity contribution in [2.24, 2.45) is 0 Å². The van der Waals surface area contributed by atoms with Gasteiger partial charge in [-0.3, -0.25) is 15.6 Å². The summed E-state index contributed by atoms with van der Waals surface area (Å²) in [7, 11) is 0. The van der Waals surface area contributed by atoms with Crippen LogP contribution < -0.4 is 15.0 Å². The average molecular weight is 408 g/mol. The van der Waals surface area contributed by atoms with Crippen LogP contribution in [-0.2, 0) is 4.74 Å². The molecule has 0 aliphatic carbocycles. The van der Waals surface area contributed by atoms with Crippen LogP contribution in [0.2, 0.25) is 0 Å². The minimum absolute atomic E-state index is 0.104. The third-order valence-electron chi connectivity index (χ3n) is 5.06. The number of carbonyl (C=O) groups excluding carboxylic acids is 1. The van der Waals surface area contributed by atoms with Crippen molar-refractivity contribution in [1.82, 2.24) is 9.88 Å². The summed E-state index contributed by atoms with van der Waals surface area (Å²) in [6, 6.07) is 10.7. The fourth-order valence-corrected chi connectivity index (χ4v) is 3.46. The monoisotopic (exact) mass is 408 g/mol. The van der Waals surface area contributed by atoms with Gasteiger partial charge in [-0.05, 0) is 36.8 Å². The largest absolute Gasteiger partial charge is 0.493 e. The number of carbonyl (C=O) groups is 1. The second-order valence-electron chi connectivity index (χ2n) is 7.02. The van der Waals surface area contributed by atoms with Gasteiger partial charge in [0.15, 0.2) is 5.84 Å². The molecule has 3 N–H and O–H groups in total. The highest BCUT2D eigenvalue weighted by Crippen LogP contribution is 2.27. The van der Waals surface area contributed by atoms with Gasteiger partial charge in [0, 0.05) is 25.3 Å². The van der Waals surface area contributed by atoms with Crippen molar-refractivity contribution in [3.8, 4) is 5.75 Å². The summed E-state index contributed by atoms with van der Waals surface area (Å²) in [5, 5.41) is 18.8. The van der Waals surface area contributed by atoms with Gasteiger partial charge in [-0.15, -0.1) is 0 Å². The van der Waals surface area contributed by atoms with Crippen LogP contribution in [0.25, 0.3) is 0 Å². The number of fused-ring (bicyclic) bond motifs is 3. The Bertz CT molecular complexity index is 958. The first-order valence-electron chi connectivity index (χ1n) is 9.90. The SMILES string of the molecule is N=CN1CCCOc2ccc(N3CCOCC3)cc2C(=O)Nc2cccc(n2)C1=N. The van der Waals surface area contributed by atoms with Gasteiger partial charge >= 0.3 is 0 Å². The van der Waals surface area contributed by atoms with Gasteiger partial charge in [0.2, 0.25) is 0 Å². The molecule has 9 nitrogen and oxygen atoms in total. The van der Waals surface area contributed by atoms with Crippen LogP contribution in [0, 0.1) is 10.8 Å². The summed E-state index contributed by atoms with van der Waals surface area (Å²) >= 11 is 0. The molecule has 2 aliphatic heterocycles. The maximum atomic E-state index is 13.1. The van der Waals surface area contributed by atoms with E-state index in [0.717, 1.165) is 25.1 Å². The Balaban J connectivity index is 1.68. The number of anilines is 2. The molecule has 9 heteroatoms. The molecule has 0 atom stereocenters. The van der Waals surface area contributed by atoms with Crippen molar-refractivity contribution in [3.63, 3.8) is 0 Å². The van der Waals surface area contributed by atoms with Crippen LogP contribution in [0.3, 0.4) is 0 Å². The Hall–Kier alpha value is -3.46. The molecule has 0 radical (unpaired) electrons. The summed E-state index contributed by atoms with van der Waals surface area (Å²) < 4.78 is 11.3. The first kappa shape index (κ1) is 19.8. The fourth-order valence-electron chi connectivity index (χ4n) is 3.46. The number of aromatic nitrogens is 1. The third kappa shape index (κ3) is 4.25. The van der Waals surface area contributed by atoms with E-state index >= 15 is 0 Å². The number of nitrogens with one attached hydrogen (secondary N) is 3. The van der Waals surface area contributed by atoms with Gasteiger partial charge in [-0.1, -0.05) is 6.07 Å². The van der Waals surface area contributed by atoms with Gasteiger partial charge in [0.05, 0.1) is 31.7 Å². The number of hydrogen-bond acceptors (Lipinski definition) is 7. The van der Waals surface area contributed by atoms with Gasteiger partial charge < -0.3 is 24.6 Å². The van der Waals surface area contributed by atoms with E-state index in [0.29, 0.717) is 55.6 Å². The number of rotatable bonds is 2. The fraction of sp³-hybridized carbons (Fsp3) is 0.333. The molecule has 4 rings (SSSR count). The molecular formula is C21H24N6O3. The Morgan fingerprint density at radius 2 is 1.93 bits per heavy atom. The van der Waals surface area contributed by atoms with Crippen LogP contribution in [0.1, 0.15) is 22.5 Å². The van der Waals surface area contributed by atoms with Gasteiger partial charge in [-0.2, -0.15) is 0 Å². The second-order valence-corrected chi connectivity index (χ2v) is 7.02. The van der Waals surface area contributed by atoms with Crippen LogP contribution in [0.5, 0.6) is 5.75 Å². The number of pyridine rings is 1. The van der Waals surface area contributed by atoms with Gasteiger partial charge in [0.1, 0.15) is 17.3 Å². The van der Waals surface area contributed by atoms with Crippen molar-refractivity contribution in [2.45, 2.75) is 6.42 Å². The normalized spacial score (nSPS) is 17.6. The van der Waals surface area contributed by atoms with E-state index < -0.39 is 0 Å². The summed E-state index contributed by atoms with van der Waals surface area (Å²) in [5.41, 5.74) is 1.77.